The van der Waals surface area contributed by atoms with Crippen molar-refractivity contribution >= 4 is 16.9 Å². The lowest BCUT2D eigenvalue weighted by Crippen LogP contribution is -1.95. The third-order valence-corrected chi connectivity index (χ3v) is 3.09. The summed E-state index contributed by atoms with van der Waals surface area (Å²) >= 11 is 0. The number of carboxylic acid groups (broad SMARTS) is 1. The summed E-state index contributed by atoms with van der Waals surface area (Å²) in [5.74, 6) is -0.301. The Labute approximate surface area is 127 Å². The number of fused-ring (bicyclic) bond motifs is 1. The Hall–Kier alpha value is -2.82. The van der Waals surface area contributed by atoms with Gasteiger partial charge in [0.25, 0.3) is 0 Å². The van der Waals surface area contributed by atoms with Gasteiger partial charge in [0.15, 0.2) is 0 Å². The minimum Gasteiger partial charge on any atom is -0.488 e. The molecule has 2 N–H and O–H groups in total. The van der Waals surface area contributed by atoms with E-state index in [2.05, 4.69) is 4.98 Å². The number of hydrogen-bond acceptors (Lipinski definition) is 2. The van der Waals surface area contributed by atoms with Crippen molar-refractivity contribution in [2.24, 2.45) is 0 Å². The molecule has 0 aliphatic heterocycles. The van der Waals surface area contributed by atoms with E-state index in [4.69, 9.17) is 9.84 Å². The maximum Gasteiger partial charge on any atom is 0.352 e. The molecule has 1 heterocycles. The van der Waals surface area contributed by atoms with E-state index in [1.165, 1.54) is 0 Å². The van der Waals surface area contributed by atoms with E-state index < -0.39 is 5.97 Å². The van der Waals surface area contributed by atoms with Crippen molar-refractivity contribution in [3.05, 3.63) is 65.9 Å². The highest BCUT2D eigenvalue weighted by Crippen LogP contribution is 2.27. The molecule has 0 spiro atoms. The summed E-state index contributed by atoms with van der Waals surface area (Å²) in [6.45, 7) is 0.452. The zero-order valence-electron chi connectivity index (χ0n) is 12.0. The Morgan fingerprint density at radius 1 is 1.14 bits per heavy atom. The number of carboxylic acids is 1. The molecule has 22 heavy (non-hydrogen) atoms. The third-order valence-electron chi connectivity index (χ3n) is 3.09. The highest BCUT2D eigenvalue weighted by molar-refractivity contribution is 5.96. The summed E-state index contributed by atoms with van der Waals surface area (Å²) in [5.41, 5.74) is 1.99. The number of halogens is 1. The smallest absolute Gasteiger partial charge is 0.352 e. The number of rotatable bonds is 4. The van der Waals surface area contributed by atoms with Crippen LogP contribution in [0.15, 0.2) is 54.6 Å². The molecule has 3 rings (SSSR count). The number of aromatic nitrogens is 1. The van der Waals surface area contributed by atoms with E-state index in [0.717, 1.165) is 16.5 Å². The van der Waals surface area contributed by atoms with Crippen LogP contribution < -0.4 is 4.74 Å². The Morgan fingerprint density at radius 3 is 2.55 bits per heavy atom. The predicted molar refractivity (Wildman–Crippen MR) is 83.1 cm³/mol. The minimum absolute atomic E-state index is 0.163. The van der Waals surface area contributed by atoms with Crippen molar-refractivity contribution in [3.8, 4) is 5.75 Å². The van der Waals surface area contributed by atoms with E-state index in [-0.39, 0.29) is 5.69 Å². The number of aromatic carboxylic acids is 1. The summed E-state index contributed by atoms with van der Waals surface area (Å²) in [6, 6.07) is 16.9. The number of nitrogens with one attached hydrogen (secondary N) is 1. The van der Waals surface area contributed by atoms with Gasteiger partial charge in [0.2, 0.25) is 0 Å². The zero-order chi connectivity index (χ0) is 15.9. The molecule has 114 valence electrons. The van der Waals surface area contributed by atoms with Crippen molar-refractivity contribution in [2.75, 3.05) is 7.18 Å². The summed E-state index contributed by atoms with van der Waals surface area (Å²) < 4.78 is 15.3. The van der Waals surface area contributed by atoms with E-state index in [1.807, 2.05) is 48.5 Å². The number of benzene rings is 2. The lowest BCUT2D eigenvalue weighted by atomic mass is 10.2. The van der Waals surface area contributed by atoms with Gasteiger partial charge >= 0.3 is 5.97 Å². The molecule has 0 fully saturated rings. The van der Waals surface area contributed by atoms with Crippen LogP contribution in [0.2, 0.25) is 0 Å². The molecule has 0 amide bonds. The largest absolute Gasteiger partial charge is 0.488 e. The Bertz CT molecular complexity index is 753. The van der Waals surface area contributed by atoms with Crippen LogP contribution in [-0.4, -0.2) is 23.2 Å². The van der Waals surface area contributed by atoms with Crippen LogP contribution in [0.25, 0.3) is 10.9 Å². The molecule has 0 aliphatic rings. The van der Waals surface area contributed by atoms with E-state index in [9.17, 15) is 9.18 Å². The van der Waals surface area contributed by atoms with Gasteiger partial charge in [-0.1, -0.05) is 36.4 Å². The second-order valence-electron chi connectivity index (χ2n) is 4.48. The molecule has 2 aromatic carbocycles. The molecule has 0 saturated heterocycles. The van der Waals surface area contributed by atoms with Crippen LogP contribution in [0.3, 0.4) is 0 Å². The molecule has 0 bridgehead atoms. The van der Waals surface area contributed by atoms with Gasteiger partial charge in [-0.05, 0) is 23.8 Å². The van der Waals surface area contributed by atoms with Crippen molar-refractivity contribution in [1.82, 2.24) is 4.98 Å². The van der Waals surface area contributed by atoms with E-state index >= 15 is 0 Å². The van der Waals surface area contributed by atoms with Gasteiger partial charge in [0.05, 0.1) is 7.18 Å². The van der Waals surface area contributed by atoms with E-state index in [1.54, 1.807) is 6.07 Å². The molecular weight excluding hydrogens is 285 g/mol. The molecule has 0 aliphatic carbocycles. The number of carbonyl (C=O) groups is 1. The lowest BCUT2D eigenvalue weighted by Gasteiger charge is -2.07. The minimum atomic E-state index is -0.977. The zero-order valence-corrected chi connectivity index (χ0v) is 12.0. The molecule has 1 aromatic heterocycles. The predicted octanol–water partition coefficient (Wildman–Crippen LogP) is 4.03. The van der Waals surface area contributed by atoms with Crippen LogP contribution in [0.5, 0.6) is 5.75 Å². The van der Waals surface area contributed by atoms with Gasteiger partial charge in [-0.2, -0.15) is 0 Å². The van der Waals surface area contributed by atoms with Gasteiger partial charge in [-0.25, -0.2) is 4.79 Å². The highest BCUT2D eigenvalue weighted by atomic mass is 19.1. The average Bonchev–Trinajstić information content (AvgIpc) is 3.01. The number of aromatic amines is 1. The third kappa shape index (κ3) is 3.44. The molecule has 0 atom stereocenters. The molecule has 0 unspecified atom stereocenters. The maximum absolute atomic E-state index is 11.0. The standard InChI is InChI=1S/C16H13NO3.CH3F/c18-16(19)14-9-12-13(17-14)7-4-8-15(12)20-10-11-5-2-1-3-6-11;1-2/h1-9,17H,10H2,(H,18,19);1H3. The van der Waals surface area contributed by atoms with Crippen molar-refractivity contribution in [1.29, 1.82) is 0 Å². The van der Waals surface area contributed by atoms with Gasteiger partial charge < -0.3 is 14.8 Å². The fourth-order valence-electron chi connectivity index (χ4n) is 2.10. The van der Waals surface area contributed by atoms with Crippen LogP contribution >= 0.6 is 0 Å². The van der Waals surface area contributed by atoms with Gasteiger partial charge in [0.1, 0.15) is 18.1 Å². The van der Waals surface area contributed by atoms with Gasteiger partial charge in [0, 0.05) is 10.9 Å². The fraction of sp³-hybridized carbons (Fsp3) is 0.118. The van der Waals surface area contributed by atoms with Crippen LogP contribution in [0, 0.1) is 0 Å². The first-order chi connectivity index (χ1) is 10.7. The number of alkyl halides is 1. The summed E-state index contributed by atoms with van der Waals surface area (Å²) in [5, 5.41) is 9.79. The van der Waals surface area contributed by atoms with Crippen molar-refractivity contribution in [2.45, 2.75) is 6.61 Å². The average molecular weight is 301 g/mol. The fourth-order valence-corrected chi connectivity index (χ4v) is 2.10. The second kappa shape index (κ2) is 7.26. The molecule has 0 radical (unpaired) electrons. The van der Waals surface area contributed by atoms with Gasteiger partial charge in [-0.3, -0.25) is 4.39 Å². The van der Waals surface area contributed by atoms with E-state index in [0.29, 0.717) is 19.5 Å². The summed E-state index contributed by atoms with van der Waals surface area (Å²) in [6.07, 6.45) is 0. The lowest BCUT2D eigenvalue weighted by molar-refractivity contribution is 0.0691. The number of hydrogen-bond donors (Lipinski definition) is 2. The molecular formula is C17H16FNO3. The second-order valence-corrected chi connectivity index (χ2v) is 4.48. The monoisotopic (exact) mass is 301 g/mol. The van der Waals surface area contributed by atoms with Crippen LogP contribution in [0.1, 0.15) is 16.1 Å². The first-order valence-corrected chi connectivity index (χ1v) is 6.63. The Kier molecular flexibility index (Phi) is 5.14. The summed E-state index contributed by atoms with van der Waals surface area (Å²) in [4.78, 5) is 13.8. The maximum atomic E-state index is 11.0. The molecule has 3 aromatic rings. The topological polar surface area (TPSA) is 62.3 Å². The molecule has 4 nitrogen and oxygen atoms in total. The number of ether oxygens (including phenoxy) is 1. The summed E-state index contributed by atoms with van der Waals surface area (Å²) in [7, 11) is 0.500. The molecule has 0 saturated carbocycles. The SMILES string of the molecule is CF.O=C(O)c1cc2c(OCc3ccccc3)cccc2[nH]1. The Morgan fingerprint density at radius 2 is 1.86 bits per heavy atom. The van der Waals surface area contributed by atoms with Crippen LogP contribution in [-0.2, 0) is 6.61 Å². The van der Waals surface area contributed by atoms with Gasteiger partial charge in [-0.15, -0.1) is 0 Å². The normalized spacial score (nSPS) is 9.91. The quantitative estimate of drug-likeness (QED) is 0.764. The Balaban J connectivity index is 0.000000847. The van der Waals surface area contributed by atoms with Crippen molar-refractivity contribution < 1.29 is 19.0 Å². The first-order valence-electron chi connectivity index (χ1n) is 6.63. The van der Waals surface area contributed by atoms with Crippen LogP contribution in [0.4, 0.5) is 4.39 Å². The highest BCUT2D eigenvalue weighted by Gasteiger charge is 2.10. The molecule has 5 heteroatoms. The van der Waals surface area contributed by atoms with Crippen molar-refractivity contribution in [3.63, 3.8) is 0 Å². The first kappa shape index (κ1) is 15.6. The number of H-pyrrole nitrogens is 1.